The lowest BCUT2D eigenvalue weighted by molar-refractivity contribution is -0.121. The van der Waals surface area contributed by atoms with Gasteiger partial charge in [0.1, 0.15) is 5.82 Å². The van der Waals surface area contributed by atoms with E-state index in [1.54, 1.807) is 13.1 Å². The summed E-state index contributed by atoms with van der Waals surface area (Å²) >= 11 is 0. The molecule has 0 aliphatic carbocycles. The molecule has 1 fully saturated rings. The Bertz CT molecular complexity index is 403. The van der Waals surface area contributed by atoms with Crippen molar-refractivity contribution in [3.8, 4) is 0 Å². The molecule has 1 aromatic rings. The summed E-state index contributed by atoms with van der Waals surface area (Å²) < 4.78 is 0. The number of aromatic nitrogens is 1. The fourth-order valence-corrected chi connectivity index (χ4v) is 2.03. The predicted molar refractivity (Wildman–Crippen MR) is 64.4 cm³/mol. The van der Waals surface area contributed by atoms with Gasteiger partial charge in [-0.1, -0.05) is 6.07 Å². The van der Waals surface area contributed by atoms with Crippen LogP contribution < -0.4 is 10.6 Å². The highest BCUT2D eigenvalue weighted by molar-refractivity contribution is 5.78. The summed E-state index contributed by atoms with van der Waals surface area (Å²) in [6, 6.07) is 3.72. The Kier molecular flexibility index (Phi) is 3.28. The molecule has 1 unspecified atom stereocenters. The average Bonchev–Trinajstić information content (AvgIpc) is 2.78. The second kappa shape index (κ2) is 4.71. The maximum atomic E-state index is 11.1. The number of aliphatic hydroxyl groups is 1. The predicted octanol–water partition coefficient (Wildman–Crippen LogP) is 0.446. The zero-order valence-electron chi connectivity index (χ0n) is 9.84. The Balaban J connectivity index is 2.06. The first-order valence-electron chi connectivity index (χ1n) is 5.76. The third-order valence-corrected chi connectivity index (χ3v) is 3.17. The molecule has 1 aliphatic heterocycles. The van der Waals surface area contributed by atoms with Gasteiger partial charge in [0.2, 0.25) is 5.91 Å². The van der Waals surface area contributed by atoms with Gasteiger partial charge >= 0.3 is 0 Å². The molecule has 1 saturated heterocycles. The molecule has 0 saturated carbocycles. The average molecular weight is 235 g/mol. The molecule has 3 N–H and O–H groups in total. The van der Waals surface area contributed by atoms with Gasteiger partial charge in [0.05, 0.1) is 12.0 Å². The van der Waals surface area contributed by atoms with Crippen molar-refractivity contribution < 1.29 is 9.90 Å². The van der Waals surface area contributed by atoms with Crippen LogP contribution in [-0.4, -0.2) is 29.1 Å². The summed E-state index contributed by atoms with van der Waals surface area (Å²) in [6.45, 7) is 3.14. The van der Waals surface area contributed by atoms with Gasteiger partial charge in [-0.25, -0.2) is 4.98 Å². The van der Waals surface area contributed by atoms with Gasteiger partial charge in [0.25, 0.3) is 0 Å². The fourth-order valence-electron chi connectivity index (χ4n) is 2.03. The van der Waals surface area contributed by atoms with Crippen LogP contribution >= 0.6 is 0 Å². The number of pyridine rings is 1. The lowest BCUT2D eigenvalue weighted by atomic mass is 10.1. The van der Waals surface area contributed by atoms with Crippen LogP contribution in [0, 0.1) is 5.92 Å². The van der Waals surface area contributed by atoms with Crippen molar-refractivity contribution in [3.05, 3.63) is 23.9 Å². The van der Waals surface area contributed by atoms with E-state index >= 15 is 0 Å². The van der Waals surface area contributed by atoms with E-state index in [9.17, 15) is 9.90 Å². The number of rotatable bonds is 3. The van der Waals surface area contributed by atoms with Crippen molar-refractivity contribution in [2.45, 2.75) is 19.4 Å². The number of anilines is 1. The van der Waals surface area contributed by atoms with E-state index in [1.807, 2.05) is 17.0 Å². The van der Waals surface area contributed by atoms with Gasteiger partial charge in [-0.05, 0) is 25.0 Å². The van der Waals surface area contributed by atoms with Crippen LogP contribution in [0.25, 0.3) is 0 Å². The van der Waals surface area contributed by atoms with E-state index < -0.39 is 6.10 Å². The van der Waals surface area contributed by atoms with Crippen LogP contribution in [0.15, 0.2) is 18.3 Å². The molecule has 2 atom stereocenters. The number of primary amides is 1. The summed E-state index contributed by atoms with van der Waals surface area (Å²) in [5.74, 6) is 0.513. The standard InChI is InChI=1S/C12H17N3O2/c1-8(16)9-2-3-11(14-6-9)15-5-4-10(7-15)12(13)17/h2-3,6,8,10,16H,4-5,7H2,1H3,(H2,13,17)/t8-,10?/m0/s1. The number of carbonyl (C=O) groups excluding carboxylic acids is 1. The SMILES string of the molecule is C[C@H](O)c1ccc(N2CCC(C(N)=O)C2)nc1. The molecular formula is C12H17N3O2. The van der Waals surface area contributed by atoms with Crippen molar-refractivity contribution in [2.24, 2.45) is 11.7 Å². The minimum absolute atomic E-state index is 0.0757. The molecule has 2 rings (SSSR count). The monoisotopic (exact) mass is 235 g/mol. The van der Waals surface area contributed by atoms with Gasteiger partial charge in [-0.3, -0.25) is 4.79 Å². The van der Waals surface area contributed by atoms with Crippen LogP contribution in [0.3, 0.4) is 0 Å². The van der Waals surface area contributed by atoms with E-state index in [2.05, 4.69) is 4.98 Å². The van der Waals surface area contributed by atoms with Gasteiger partial charge in [-0.2, -0.15) is 0 Å². The number of hydrogen-bond acceptors (Lipinski definition) is 4. The maximum Gasteiger partial charge on any atom is 0.222 e. The summed E-state index contributed by atoms with van der Waals surface area (Å²) in [7, 11) is 0. The van der Waals surface area contributed by atoms with Crippen LogP contribution in [0.4, 0.5) is 5.82 Å². The molecule has 92 valence electrons. The molecule has 2 heterocycles. The van der Waals surface area contributed by atoms with Crippen molar-refractivity contribution in [1.29, 1.82) is 0 Å². The number of amides is 1. The molecule has 0 aromatic carbocycles. The summed E-state index contributed by atoms with van der Waals surface area (Å²) in [5, 5.41) is 9.38. The Morgan fingerprint density at radius 1 is 1.65 bits per heavy atom. The van der Waals surface area contributed by atoms with Crippen LogP contribution in [-0.2, 0) is 4.79 Å². The highest BCUT2D eigenvalue weighted by Crippen LogP contribution is 2.22. The summed E-state index contributed by atoms with van der Waals surface area (Å²) in [5.41, 5.74) is 6.07. The number of nitrogens with zero attached hydrogens (tertiary/aromatic N) is 2. The summed E-state index contributed by atoms with van der Waals surface area (Å²) in [4.78, 5) is 17.4. The molecule has 5 nitrogen and oxygen atoms in total. The topological polar surface area (TPSA) is 79.5 Å². The van der Waals surface area contributed by atoms with Gasteiger partial charge in [-0.15, -0.1) is 0 Å². The lowest BCUT2D eigenvalue weighted by Crippen LogP contribution is -2.27. The second-order valence-corrected chi connectivity index (χ2v) is 4.46. The smallest absolute Gasteiger partial charge is 0.222 e. The van der Waals surface area contributed by atoms with Crippen LogP contribution in [0.5, 0.6) is 0 Å². The zero-order valence-corrected chi connectivity index (χ0v) is 9.84. The third kappa shape index (κ3) is 2.55. The number of hydrogen-bond donors (Lipinski definition) is 2. The van der Waals surface area contributed by atoms with E-state index in [1.165, 1.54) is 0 Å². The Morgan fingerprint density at radius 3 is 2.88 bits per heavy atom. The maximum absolute atomic E-state index is 11.1. The molecule has 17 heavy (non-hydrogen) atoms. The first-order chi connectivity index (χ1) is 8.08. The minimum Gasteiger partial charge on any atom is -0.389 e. The largest absolute Gasteiger partial charge is 0.389 e. The van der Waals surface area contributed by atoms with E-state index in [0.717, 1.165) is 24.3 Å². The van der Waals surface area contributed by atoms with Crippen molar-refractivity contribution in [1.82, 2.24) is 4.98 Å². The highest BCUT2D eigenvalue weighted by Gasteiger charge is 2.27. The van der Waals surface area contributed by atoms with E-state index in [-0.39, 0.29) is 11.8 Å². The number of nitrogens with two attached hydrogens (primary N) is 1. The number of carbonyl (C=O) groups is 1. The molecule has 1 aromatic heterocycles. The Morgan fingerprint density at radius 2 is 2.41 bits per heavy atom. The molecular weight excluding hydrogens is 218 g/mol. The van der Waals surface area contributed by atoms with E-state index in [0.29, 0.717) is 6.54 Å². The fraction of sp³-hybridized carbons (Fsp3) is 0.500. The molecule has 1 aliphatic rings. The first-order valence-corrected chi connectivity index (χ1v) is 5.76. The molecule has 0 spiro atoms. The summed E-state index contributed by atoms with van der Waals surface area (Å²) in [6.07, 6.45) is 1.95. The third-order valence-electron chi connectivity index (χ3n) is 3.17. The normalized spacial score (nSPS) is 21.5. The minimum atomic E-state index is -0.506. The second-order valence-electron chi connectivity index (χ2n) is 4.46. The quantitative estimate of drug-likeness (QED) is 0.797. The molecule has 0 radical (unpaired) electrons. The number of aliphatic hydroxyl groups excluding tert-OH is 1. The van der Waals surface area contributed by atoms with Gasteiger partial charge < -0.3 is 15.7 Å². The van der Waals surface area contributed by atoms with Crippen LogP contribution in [0.1, 0.15) is 25.0 Å². The van der Waals surface area contributed by atoms with Crippen molar-refractivity contribution in [3.63, 3.8) is 0 Å². The molecule has 5 heteroatoms. The zero-order chi connectivity index (χ0) is 12.4. The van der Waals surface area contributed by atoms with E-state index in [4.69, 9.17) is 5.73 Å². The van der Waals surface area contributed by atoms with Gasteiger partial charge in [0, 0.05) is 19.3 Å². The molecule has 0 bridgehead atoms. The Labute approximate surface area is 100 Å². The lowest BCUT2D eigenvalue weighted by Gasteiger charge is -2.17. The first kappa shape index (κ1) is 11.9. The highest BCUT2D eigenvalue weighted by atomic mass is 16.3. The van der Waals surface area contributed by atoms with Crippen molar-refractivity contribution in [2.75, 3.05) is 18.0 Å². The van der Waals surface area contributed by atoms with Crippen LogP contribution in [0.2, 0.25) is 0 Å². The van der Waals surface area contributed by atoms with Crippen molar-refractivity contribution >= 4 is 11.7 Å². The van der Waals surface area contributed by atoms with Gasteiger partial charge in [0.15, 0.2) is 0 Å². The molecule has 1 amide bonds. The Hall–Kier alpha value is -1.62.